The molecule has 0 radical (unpaired) electrons. The molecule has 0 unspecified atom stereocenters. The molecule has 4 rings (SSSR count). The lowest BCUT2D eigenvalue weighted by Gasteiger charge is -2.17. The molecule has 1 aliphatic heterocycles. The summed E-state index contributed by atoms with van der Waals surface area (Å²) in [6.45, 7) is 2.59. The smallest absolute Gasteiger partial charge is 0.251 e. The Kier molecular flexibility index (Phi) is 5.51. The van der Waals surface area contributed by atoms with Gasteiger partial charge in [0.15, 0.2) is 0 Å². The summed E-state index contributed by atoms with van der Waals surface area (Å²) in [6, 6.07) is 7.46. The number of anilines is 1. The lowest BCUT2D eigenvalue weighted by atomic mass is 10.2. The molecule has 6 heteroatoms. The number of carbonyl (C=O) groups is 1. The van der Waals surface area contributed by atoms with Crippen LogP contribution in [0.4, 0.5) is 5.82 Å². The van der Waals surface area contributed by atoms with Gasteiger partial charge in [0.05, 0.1) is 0 Å². The summed E-state index contributed by atoms with van der Waals surface area (Å²) >= 11 is 0. The molecular formula is C21H26N4O2. The summed E-state index contributed by atoms with van der Waals surface area (Å²) < 4.78 is 5.90. The van der Waals surface area contributed by atoms with Crippen LogP contribution in [0.3, 0.4) is 0 Å². The fourth-order valence-electron chi connectivity index (χ4n) is 3.77. The molecule has 2 aromatic heterocycles. The van der Waals surface area contributed by atoms with Gasteiger partial charge in [-0.3, -0.25) is 4.79 Å². The highest BCUT2D eigenvalue weighted by Crippen LogP contribution is 2.23. The number of nitrogens with one attached hydrogen (secondary N) is 1. The van der Waals surface area contributed by atoms with Gasteiger partial charge in [0.1, 0.15) is 11.9 Å². The van der Waals surface area contributed by atoms with Gasteiger partial charge in [-0.25, -0.2) is 9.97 Å². The van der Waals surface area contributed by atoms with E-state index in [0.717, 1.165) is 37.3 Å². The van der Waals surface area contributed by atoms with Crippen molar-refractivity contribution < 1.29 is 9.53 Å². The second kappa shape index (κ2) is 8.37. The molecule has 3 heterocycles. The Labute approximate surface area is 160 Å². The van der Waals surface area contributed by atoms with Crippen molar-refractivity contribution in [1.82, 2.24) is 15.3 Å². The largest absolute Gasteiger partial charge is 0.474 e. The second-order valence-electron chi connectivity index (χ2n) is 7.31. The monoisotopic (exact) mass is 366 g/mol. The average molecular weight is 366 g/mol. The van der Waals surface area contributed by atoms with E-state index in [4.69, 9.17) is 4.74 Å². The average Bonchev–Trinajstić information content (AvgIpc) is 3.41. The number of rotatable bonds is 6. The molecular weight excluding hydrogens is 340 g/mol. The normalized spacial score (nSPS) is 17.3. The molecule has 0 atom stereocenters. The topological polar surface area (TPSA) is 67.4 Å². The van der Waals surface area contributed by atoms with Crippen molar-refractivity contribution in [3.05, 3.63) is 47.8 Å². The SMILES string of the molecule is O=C(NCc1ccnc(N2CCCC2)c1)c1ccnc(OC2CCCC2)c1. The third kappa shape index (κ3) is 4.56. The third-order valence-electron chi connectivity index (χ3n) is 5.28. The minimum atomic E-state index is -0.117. The van der Waals surface area contributed by atoms with Crippen molar-refractivity contribution in [2.45, 2.75) is 51.2 Å². The van der Waals surface area contributed by atoms with E-state index in [-0.39, 0.29) is 12.0 Å². The summed E-state index contributed by atoms with van der Waals surface area (Å²) in [5, 5.41) is 2.99. The number of nitrogens with zero attached hydrogens (tertiary/aromatic N) is 3. The molecule has 2 fully saturated rings. The number of amides is 1. The highest BCUT2D eigenvalue weighted by atomic mass is 16.5. The number of carbonyl (C=O) groups excluding carboxylic acids is 1. The van der Waals surface area contributed by atoms with Gasteiger partial charge >= 0.3 is 0 Å². The first-order valence-electron chi connectivity index (χ1n) is 9.89. The number of hydrogen-bond acceptors (Lipinski definition) is 5. The maximum atomic E-state index is 12.5. The van der Waals surface area contributed by atoms with Crippen LogP contribution >= 0.6 is 0 Å². The van der Waals surface area contributed by atoms with E-state index in [1.807, 2.05) is 12.3 Å². The molecule has 2 aliphatic rings. The Morgan fingerprint density at radius 1 is 1.07 bits per heavy atom. The predicted molar refractivity (Wildman–Crippen MR) is 104 cm³/mol. The van der Waals surface area contributed by atoms with Gasteiger partial charge in [0, 0.05) is 43.7 Å². The Morgan fingerprint density at radius 3 is 2.67 bits per heavy atom. The fourth-order valence-corrected chi connectivity index (χ4v) is 3.77. The predicted octanol–water partition coefficient (Wildman–Crippen LogP) is 3.33. The summed E-state index contributed by atoms with van der Waals surface area (Å²) in [5.74, 6) is 1.42. The molecule has 1 saturated heterocycles. The lowest BCUT2D eigenvalue weighted by molar-refractivity contribution is 0.0949. The molecule has 2 aromatic rings. The highest BCUT2D eigenvalue weighted by molar-refractivity contribution is 5.94. The lowest BCUT2D eigenvalue weighted by Crippen LogP contribution is -2.24. The van der Waals surface area contributed by atoms with Crippen LogP contribution in [0.5, 0.6) is 5.88 Å². The number of aromatic nitrogens is 2. The van der Waals surface area contributed by atoms with Gasteiger partial charge in [-0.2, -0.15) is 0 Å². The van der Waals surface area contributed by atoms with Crippen molar-refractivity contribution in [2.24, 2.45) is 0 Å². The highest BCUT2D eigenvalue weighted by Gasteiger charge is 2.18. The number of pyridine rings is 2. The number of ether oxygens (including phenoxy) is 1. The number of hydrogen-bond donors (Lipinski definition) is 1. The Bertz CT molecular complexity index is 783. The van der Waals surface area contributed by atoms with Gasteiger partial charge in [-0.05, 0) is 62.3 Å². The Balaban J connectivity index is 1.35. The van der Waals surface area contributed by atoms with E-state index >= 15 is 0 Å². The van der Waals surface area contributed by atoms with Gasteiger partial charge < -0.3 is 15.0 Å². The van der Waals surface area contributed by atoms with Crippen LogP contribution in [0.1, 0.15) is 54.4 Å². The summed E-state index contributed by atoms with van der Waals surface area (Å²) in [7, 11) is 0. The molecule has 1 aliphatic carbocycles. The van der Waals surface area contributed by atoms with E-state index in [9.17, 15) is 4.79 Å². The van der Waals surface area contributed by atoms with Crippen LogP contribution in [0.15, 0.2) is 36.7 Å². The molecule has 0 aromatic carbocycles. The second-order valence-corrected chi connectivity index (χ2v) is 7.31. The van der Waals surface area contributed by atoms with Gasteiger partial charge in [0.25, 0.3) is 5.91 Å². The van der Waals surface area contributed by atoms with Crippen LogP contribution in [0.2, 0.25) is 0 Å². The zero-order chi connectivity index (χ0) is 18.5. The van der Waals surface area contributed by atoms with Crippen molar-refractivity contribution >= 4 is 11.7 Å². The van der Waals surface area contributed by atoms with E-state index in [2.05, 4.69) is 26.3 Å². The third-order valence-corrected chi connectivity index (χ3v) is 5.28. The fraction of sp³-hybridized carbons (Fsp3) is 0.476. The minimum Gasteiger partial charge on any atom is -0.474 e. The molecule has 142 valence electrons. The molecule has 0 spiro atoms. The van der Waals surface area contributed by atoms with E-state index in [0.29, 0.717) is 18.0 Å². The zero-order valence-corrected chi connectivity index (χ0v) is 15.6. The van der Waals surface area contributed by atoms with Crippen molar-refractivity contribution in [3.63, 3.8) is 0 Å². The quantitative estimate of drug-likeness (QED) is 0.849. The molecule has 27 heavy (non-hydrogen) atoms. The zero-order valence-electron chi connectivity index (χ0n) is 15.6. The van der Waals surface area contributed by atoms with Crippen molar-refractivity contribution in [3.8, 4) is 5.88 Å². The molecule has 0 bridgehead atoms. The van der Waals surface area contributed by atoms with Gasteiger partial charge in [0.2, 0.25) is 5.88 Å². The first-order valence-corrected chi connectivity index (χ1v) is 9.89. The maximum Gasteiger partial charge on any atom is 0.251 e. The summed E-state index contributed by atoms with van der Waals surface area (Å²) in [6.07, 6.45) is 10.7. The van der Waals surface area contributed by atoms with Crippen LogP contribution in [-0.2, 0) is 6.54 Å². The first kappa shape index (κ1) is 17.8. The van der Waals surface area contributed by atoms with Crippen LogP contribution in [-0.4, -0.2) is 35.1 Å². The summed E-state index contributed by atoms with van der Waals surface area (Å²) in [5.41, 5.74) is 1.63. The molecule has 6 nitrogen and oxygen atoms in total. The molecule has 1 saturated carbocycles. The molecule has 1 amide bonds. The standard InChI is InChI=1S/C21H26N4O2/c26-21(17-8-10-23-20(14-17)27-18-5-1-2-6-18)24-15-16-7-9-22-19(13-16)25-11-3-4-12-25/h7-10,13-14,18H,1-6,11-12,15H2,(H,24,26). The van der Waals surface area contributed by atoms with Crippen molar-refractivity contribution in [2.75, 3.05) is 18.0 Å². The summed E-state index contributed by atoms with van der Waals surface area (Å²) in [4.78, 5) is 23.5. The Morgan fingerprint density at radius 2 is 1.85 bits per heavy atom. The van der Waals surface area contributed by atoms with Crippen molar-refractivity contribution in [1.29, 1.82) is 0 Å². The minimum absolute atomic E-state index is 0.117. The van der Waals surface area contributed by atoms with Crippen LogP contribution in [0, 0.1) is 0 Å². The van der Waals surface area contributed by atoms with E-state index < -0.39 is 0 Å². The van der Waals surface area contributed by atoms with Gasteiger partial charge in [-0.15, -0.1) is 0 Å². The molecule has 1 N–H and O–H groups in total. The first-order chi connectivity index (χ1) is 13.3. The van der Waals surface area contributed by atoms with Gasteiger partial charge in [-0.1, -0.05) is 0 Å². The van der Waals surface area contributed by atoms with Crippen LogP contribution in [0.25, 0.3) is 0 Å². The maximum absolute atomic E-state index is 12.5. The Hall–Kier alpha value is -2.63. The van der Waals surface area contributed by atoms with E-state index in [1.165, 1.54) is 25.7 Å². The van der Waals surface area contributed by atoms with E-state index in [1.54, 1.807) is 18.3 Å². The van der Waals surface area contributed by atoms with Crippen LogP contribution < -0.4 is 15.0 Å².